The SMILES string of the molecule is Cc1ncsc1C(=O)NC(CCC(=O)O)c1ccccc1. The van der Waals surface area contributed by atoms with Crippen molar-refractivity contribution in [2.24, 2.45) is 0 Å². The Morgan fingerprint density at radius 1 is 1.33 bits per heavy atom. The average Bonchev–Trinajstić information content (AvgIpc) is 2.90. The Kier molecular flexibility index (Phi) is 5.05. The zero-order chi connectivity index (χ0) is 15.2. The van der Waals surface area contributed by atoms with Gasteiger partial charge in [0.05, 0.1) is 17.2 Å². The number of carboxylic acid groups (broad SMARTS) is 1. The van der Waals surface area contributed by atoms with Crippen LogP contribution in [0.3, 0.4) is 0 Å². The molecule has 0 saturated carbocycles. The lowest BCUT2D eigenvalue weighted by Gasteiger charge is -2.18. The Bertz CT molecular complexity index is 625. The average molecular weight is 304 g/mol. The fourth-order valence-electron chi connectivity index (χ4n) is 2.02. The molecule has 2 aromatic rings. The van der Waals surface area contributed by atoms with E-state index in [4.69, 9.17) is 5.11 Å². The standard InChI is InChI=1S/C15H16N2O3S/c1-10-14(21-9-16-10)15(20)17-12(7-8-13(18)19)11-5-3-2-4-6-11/h2-6,9,12H,7-8H2,1H3,(H,17,20)(H,18,19). The first-order chi connectivity index (χ1) is 10.1. The van der Waals surface area contributed by atoms with Gasteiger partial charge in [-0.3, -0.25) is 9.59 Å². The summed E-state index contributed by atoms with van der Waals surface area (Å²) in [6.45, 7) is 1.78. The Labute approximate surface area is 126 Å². The Morgan fingerprint density at radius 3 is 2.62 bits per heavy atom. The molecule has 1 aromatic carbocycles. The van der Waals surface area contributed by atoms with Crippen molar-refractivity contribution in [2.45, 2.75) is 25.8 Å². The van der Waals surface area contributed by atoms with Crippen LogP contribution < -0.4 is 5.32 Å². The molecule has 0 aliphatic carbocycles. The molecular weight excluding hydrogens is 288 g/mol. The van der Waals surface area contributed by atoms with Crippen LogP contribution in [0.2, 0.25) is 0 Å². The van der Waals surface area contributed by atoms with Crippen LogP contribution in [0.15, 0.2) is 35.8 Å². The maximum atomic E-state index is 12.3. The van der Waals surface area contributed by atoms with Gasteiger partial charge in [-0.2, -0.15) is 0 Å². The third kappa shape index (κ3) is 4.13. The number of rotatable bonds is 6. The maximum absolute atomic E-state index is 12.3. The number of amides is 1. The highest BCUT2D eigenvalue weighted by atomic mass is 32.1. The topological polar surface area (TPSA) is 79.3 Å². The van der Waals surface area contributed by atoms with E-state index in [-0.39, 0.29) is 18.4 Å². The van der Waals surface area contributed by atoms with Crippen molar-refractivity contribution < 1.29 is 14.7 Å². The second-order valence-electron chi connectivity index (χ2n) is 4.64. The van der Waals surface area contributed by atoms with Crippen LogP contribution in [0.4, 0.5) is 0 Å². The number of carbonyl (C=O) groups excluding carboxylic acids is 1. The van der Waals surface area contributed by atoms with E-state index in [0.29, 0.717) is 17.0 Å². The lowest BCUT2D eigenvalue weighted by molar-refractivity contribution is -0.137. The van der Waals surface area contributed by atoms with E-state index in [1.165, 1.54) is 11.3 Å². The third-order valence-electron chi connectivity index (χ3n) is 3.11. The summed E-state index contributed by atoms with van der Waals surface area (Å²) in [5.74, 6) is -1.09. The van der Waals surface area contributed by atoms with Crippen molar-refractivity contribution in [3.05, 3.63) is 52.0 Å². The third-order valence-corrected chi connectivity index (χ3v) is 4.03. The molecule has 1 unspecified atom stereocenters. The largest absolute Gasteiger partial charge is 0.481 e. The number of nitrogens with one attached hydrogen (secondary N) is 1. The molecule has 6 heteroatoms. The van der Waals surface area contributed by atoms with Crippen molar-refractivity contribution in [1.29, 1.82) is 0 Å². The van der Waals surface area contributed by atoms with Gasteiger partial charge in [0, 0.05) is 6.42 Å². The molecule has 5 nitrogen and oxygen atoms in total. The van der Waals surface area contributed by atoms with E-state index in [0.717, 1.165) is 5.56 Å². The fraction of sp³-hybridized carbons (Fsp3) is 0.267. The molecule has 1 heterocycles. The van der Waals surface area contributed by atoms with Crippen LogP contribution >= 0.6 is 11.3 Å². The number of benzene rings is 1. The van der Waals surface area contributed by atoms with E-state index in [1.807, 2.05) is 30.3 Å². The number of carbonyl (C=O) groups is 2. The molecule has 0 spiro atoms. The number of hydrogen-bond donors (Lipinski definition) is 2. The summed E-state index contributed by atoms with van der Waals surface area (Å²) in [6.07, 6.45) is 0.352. The summed E-state index contributed by atoms with van der Waals surface area (Å²) in [5, 5.41) is 11.8. The van der Waals surface area contributed by atoms with Crippen LogP contribution in [0, 0.1) is 6.92 Å². The molecule has 0 aliphatic rings. The second-order valence-corrected chi connectivity index (χ2v) is 5.49. The highest BCUT2D eigenvalue weighted by Crippen LogP contribution is 2.20. The summed E-state index contributed by atoms with van der Waals surface area (Å²) in [4.78, 5) is 27.7. The van der Waals surface area contributed by atoms with Crippen LogP contribution in [-0.4, -0.2) is 22.0 Å². The number of aromatic nitrogens is 1. The minimum absolute atomic E-state index is 0.00150. The van der Waals surface area contributed by atoms with Gasteiger partial charge in [0.2, 0.25) is 0 Å². The van der Waals surface area contributed by atoms with Gasteiger partial charge < -0.3 is 10.4 Å². The van der Waals surface area contributed by atoms with Crippen molar-refractivity contribution >= 4 is 23.2 Å². The van der Waals surface area contributed by atoms with Crippen LogP contribution in [0.5, 0.6) is 0 Å². The second kappa shape index (κ2) is 6.99. The van der Waals surface area contributed by atoms with Crippen LogP contribution in [0.25, 0.3) is 0 Å². The maximum Gasteiger partial charge on any atom is 0.303 e. The Hall–Kier alpha value is -2.21. The first-order valence-corrected chi connectivity index (χ1v) is 7.43. The molecule has 0 aliphatic heterocycles. The smallest absolute Gasteiger partial charge is 0.303 e. The summed E-state index contributed by atoms with van der Waals surface area (Å²) >= 11 is 1.28. The van der Waals surface area contributed by atoms with Gasteiger partial charge in [0.1, 0.15) is 4.88 Å². The zero-order valence-corrected chi connectivity index (χ0v) is 12.4. The molecule has 2 N–H and O–H groups in total. The van der Waals surface area contributed by atoms with Gasteiger partial charge in [-0.15, -0.1) is 11.3 Å². The quantitative estimate of drug-likeness (QED) is 0.860. The van der Waals surface area contributed by atoms with Crippen molar-refractivity contribution in [1.82, 2.24) is 10.3 Å². The van der Waals surface area contributed by atoms with Gasteiger partial charge in [-0.25, -0.2) is 4.98 Å². The molecule has 2 rings (SSSR count). The molecule has 0 bridgehead atoms. The minimum Gasteiger partial charge on any atom is -0.481 e. The lowest BCUT2D eigenvalue weighted by Crippen LogP contribution is -2.29. The molecular formula is C15H16N2O3S. The number of carboxylic acids is 1. The summed E-state index contributed by atoms with van der Waals surface area (Å²) in [7, 11) is 0. The molecule has 0 radical (unpaired) electrons. The Balaban J connectivity index is 2.14. The fourth-order valence-corrected chi connectivity index (χ4v) is 2.72. The van der Waals surface area contributed by atoms with Crippen molar-refractivity contribution in [3.63, 3.8) is 0 Å². The molecule has 110 valence electrons. The molecule has 0 saturated heterocycles. The van der Waals surface area contributed by atoms with Gasteiger partial charge in [-0.1, -0.05) is 30.3 Å². The van der Waals surface area contributed by atoms with E-state index < -0.39 is 5.97 Å². The highest BCUT2D eigenvalue weighted by molar-refractivity contribution is 7.11. The number of thiazole rings is 1. The minimum atomic E-state index is -0.876. The Morgan fingerprint density at radius 2 is 2.05 bits per heavy atom. The zero-order valence-electron chi connectivity index (χ0n) is 11.6. The van der Waals surface area contributed by atoms with Crippen LogP contribution in [-0.2, 0) is 4.79 Å². The van der Waals surface area contributed by atoms with E-state index in [9.17, 15) is 9.59 Å². The van der Waals surface area contributed by atoms with E-state index >= 15 is 0 Å². The van der Waals surface area contributed by atoms with E-state index in [2.05, 4.69) is 10.3 Å². The van der Waals surface area contributed by atoms with Crippen LogP contribution in [0.1, 0.15) is 39.8 Å². The van der Waals surface area contributed by atoms with Gasteiger partial charge in [0.15, 0.2) is 0 Å². The van der Waals surface area contributed by atoms with Gasteiger partial charge >= 0.3 is 5.97 Å². The van der Waals surface area contributed by atoms with Crippen molar-refractivity contribution in [3.8, 4) is 0 Å². The number of nitrogens with zero attached hydrogens (tertiary/aromatic N) is 1. The summed E-state index contributed by atoms with van der Waals surface area (Å²) in [5.41, 5.74) is 3.20. The molecule has 1 atom stereocenters. The van der Waals surface area contributed by atoms with Gasteiger partial charge in [-0.05, 0) is 18.9 Å². The predicted octanol–water partition coefficient (Wildman–Crippen LogP) is 2.79. The highest BCUT2D eigenvalue weighted by Gasteiger charge is 2.19. The molecule has 1 amide bonds. The number of aryl methyl sites for hydroxylation is 1. The normalized spacial score (nSPS) is 11.9. The van der Waals surface area contributed by atoms with Crippen molar-refractivity contribution in [2.75, 3.05) is 0 Å². The number of aliphatic carboxylic acids is 1. The summed E-state index contributed by atoms with van der Waals surface area (Å²) < 4.78 is 0. The molecule has 1 aromatic heterocycles. The summed E-state index contributed by atoms with van der Waals surface area (Å²) in [6, 6.07) is 9.06. The molecule has 21 heavy (non-hydrogen) atoms. The first-order valence-electron chi connectivity index (χ1n) is 6.55. The van der Waals surface area contributed by atoms with Gasteiger partial charge in [0.25, 0.3) is 5.91 Å². The predicted molar refractivity (Wildman–Crippen MR) is 80.4 cm³/mol. The van der Waals surface area contributed by atoms with E-state index in [1.54, 1.807) is 12.4 Å². The first kappa shape index (κ1) is 15.2. The number of hydrogen-bond acceptors (Lipinski definition) is 4. The molecule has 0 fully saturated rings. The monoisotopic (exact) mass is 304 g/mol. The lowest BCUT2D eigenvalue weighted by atomic mass is 10.0.